The Balaban J connectivity index is 2.12. The highest BCUT2D eigenvalue weighted by atomic mass is 16.8. The smallest absolute Gasteiger partial charge is 0.433 e. The molecule has 0 aromatic carbocycles. The summed E-state index contributed by atoms with van der Waals surface area (Å²) in [5, 5.41) is 0. The molecule has 5 heteroatoms. The summed E-state index contributed by atoms with van der Waals surface area (Å²) in [6, 6.07) is 0. The molecule has 0 amide bonds. The standard InChI is InChI=1S/C8H16N2O3/c1-10-4-2-7(3-5-10)6-12-8(11)13-9/h7H,2-6,9H2,1H3. The molecule has 0 aromatic heterocycles. The number of nitrogens with zero attached hydrogens (tertiary/aromatic N) is 1. The van der Waals surface area contributed by atoms with E-state index in [9.17, 15) is 4.79 Å². The largest absolute Gasteiger partial charge is 0.527 e. The number of hydrogen-bond acceptors (Lipinski definition) is 5. The van der Waals surface area contributed by atoms with E-state index >= 15 is 0 Å². The fourth-order valence-corrected chi connectivity index (χ4v) is 1.45. The molecule has 0 atom stereocenters. The molecule has 0 saturated carbocycles. The molecule has 5 nitrogen and oxygen atoms in total. The average molecular weight is 188 g/mol. The van der Waals surface area contributed by atoms with Gasteiger partial charge in [0.15, 0.2) is 0 Å². The lowest BCUT2D eigenvalue weighted by Gasteiger charge is -2.28. The summed E-state index contributed by atoms with van der Waals surface area (Å²) in [5.74, 6) is 5.08. The maximum Gasteiger partial charge on any atom is 0.527 e. The van der Waals surface area contributed by atoms with Gasteiger partial charge in [0.1, 0.15) is 0 Å². The Kier molecular flexibility index (Phi) is 3.98. The van der Waals surface area contributed by atoms with Gasteiger partial charge in [0.05, 0.1) is 6.61 Å². The van der Waals surface area contributed by atoms with Gasteiger partial charge in [-0.05, 0) is 38.9 Å². The van der Waals surface area contributed by atoms with Crippen LogP contribution in [-0.4, -0.2) is 37.8 Å². The number of carbonyl (C=O) groups excluding carboxylic acids is 1. The third-order valence-electron chi connectivity index (χ3n) is 2.37. The van der Waals surface area contributed by atoms with E-state index < -0.39 is 6.16 Å². The first-order valence-corrected chi connectivity index (χ1v) is 4.44. The summed E-state index contributed by atoms with van der Waals surface area (Å²) >= 11 is 0. The van der Waals surface area contributed by atoms with Crippen LogP contribution < -0.4 is 5.90 Å². The van der Waals surface area contributed by atoms with Crippen molar-refractivity contribution in [1.82, 2.24) is 4.90 Å². The Morgan fingerprint density at radius 3 is 2.69 bits per heavy atom. The molecule has 0 radical (unpaired) electrons. The first-order chi connectivity index (χ1) is 6.22. The minimum atomic E-state index is -0.793. The third-order valence-corrected chi connectivity index (χ3v) is 2.37. The van der Waals surface area contributed by atoms with Crippen LogP contribution in [0.25, 0.3) is 0 Å². The number of piperidine rings is 1. The fourth-order valence-electron chi connectivity index (χ4n) is 1.45. The van der Waals surface area contributed by atoms with Gasteiger partial charge in [-0.25, -0.2) is 4.79 Å². The van der Waals surface area contributed by atoms with Crippen molar-refractivity contribution in [2.24, 2.45) is 11.8 Å². The van der Waals surface area contributed by atoms with Crippen molar-refractivity contribution in [2.75, 3.05) is 26.7 Å². The van der Waals surface area contributed by atoms with Gasteiger partial charge in [0, 0.05) is 0 Å². The van der Waals surface area contributed by atoms with Crippen LogP contribution in [0.2, 0.25) is 0 Å². The predicted octanol–water partition coefficient (Wildman–Crippen LogP) is 0.355. The van der Waals surface area contributed by atoms with Crippen molar-refractivity contribution >= 4 is 6.16 Å². The Labute approximate surface area is 77.7 Å². The molecule has 0 aliphatic carbocycles. The van der Waals surface area contributed by atoms with Crippen molar-refractivity contribution in [2.45, 2.75) is 12.8 Å². The number of hydrogen-bond donors (Lipinski definition) is 1. The zero-order valence-corrected chi connectivity index (χ0v) is 7.86. The molecule has 0 unspecified atom stereocenters. The molecule has 1 heterocycles. The summed E-state index contributed by atoms with van der Waals surface area (Å²) in [7, 11) is 2.09. The molecular weight excluding hydrogens is 172 g/mol. The van der Waals surface area contributed by atoms with Crippen LogP contribution in [0.4, 0.5) is 4.79 Å². The first-order valence-electron chi connectivity index (χ1n) is 4.44. The monoisotopic (exact) mass is 188 g/mol. The van der Waals surface area contributed by atoms with E-state index in [1.165, 1.54) is 0 Å². The molecule has 1 aliphatic rings. The number of nitrogens with two attached hydrogens (primary N) is 1. The van der Waals surface area contributed by atoms with Gasteiger partial charge < -0.3 is 14.5 Å². The van der Waals surface area contributed by atoms with Crippen molar-refractivity contribution in [3.63, 3.8) is 0 Å². The van der Waals surface area contributed by atoms with Crippen LogP contribution in [0, 0.1) is 5.92 Å². The minimum absolute atomic E-state index is 0.421. The van der Waals surface area contributed by atoms with Crippen molar-refractivity contribution < 1.29 is 14.4 Å². The van der Waals surface area contributed by atoms with Crippen LogP contribution in [-0.2, 0) is 9.57 Å². The predicted molar refractivity (Wildman–Crippen MR) is 46.8 cm³/mol. The van der Waals surface area contributed by atoms with Crippen molar-refractivity contribution in [1.29, 1.82) is 0 Å². The van der Waals surface area contributed by atoms with Crippen LogP contribution in [0.3, 0.4) is 0 Å². The van der Waals surface area contributed by atoms with E-state index in [2.05, 4.69) is 22.7 Å². The maximum atomic E-state index is 10.5. The number of ether oxygens (including phenoxy) is 1. The molecule has 2 N–H and O–H groups in total. The van der Waals surface area contributed by atoms with E-state index in [4.69, 9.17) is 4.74 Å². The Morgan fingerprint density at radius 2 is 2.15 bits per heavy atom. The second-order valence-electron chi connectivity index (χ2n) is 3.43. The SMILES string of the molecule is CN1CCC(COC(=O)ON)CC1. The lowest BCUT2D eigenvalue weighted by atomic mass is 9.98. The molecule has 0 spiro atoms. The van der Waals surface area contributed by atoms with Gasteiger partial charge in [0.2, 0.25) is 0 Å². The summed E-state index contributed by atoms with van der Waals surface area (Å²) in [6.45, 7) is 2.54. The quantitative estimate of drug-likeness (QED) is 0.500. The molecule has 1 aliphatic heterocycles. The summed E-state index contributed by atoms with van der Waals surface area (Å²) < 4.78 is 4.76. The molecule has 1 rings (SSSR count). The topological polar surface area (TPSA) is 64.8 Å². The zero-order valence-electron chi connectivity index (χ0n) is 7.86. The number of rotatable bonds is 2. The molecule has 1 saturated heterocycles. The summed E-state index contributed by atoms with van der Waals surface area (Å²) in [5.41, 5.74) is 0. The third kappa shape index (κ3) is 3.61. The van der Waals surface area contributed by atoms with Gasteiger partial charge in [0.25, 0.3) is 0 Å². The molecule has 0 aromatic rings. The lowest BCUT2D eigenvalue weighted by molar-refractivity contribution is 0.0356. The highest BCUT2D eigenvalue weighted by Crippen LogP contribution is 2.15. The normalized spacial score (nSPS) is 19.8. The molecular formula is C8H16N2O3. The molecule has 1 fully saturated rings. The van der Waals surface area contributed by atoms with Crippen molar-refractivity contribution in [3.05, 3.63) is 0 Å². The Bertz CT molecular complexity index is 167. The summed E-state index contributed by atoms with van der Waals surface area (Å²) in [4.78, 5) is 16.7. The van der Waals surface area contributed by atoms with Crippen LogP contribution in [0.15, 0.2) is 0 Å². The van der Waals surface area contributed by atoms with Crippen LogP contribution in [0.5, 0.6) is 0 Å². The Hall–Kier alpha value is -0.810. The highest BCUT2D eigenvalue weighted by Gasteiger charge is 2.18. The van der Waals surface area contributed by atoms with Gasteiger partial charge in [-0.1, -0.05) is 0 Å². The maximum absolute atomic E-state index is 10.5. The zero-order chi connectivity index (χ0) is 9.68. The van der Waals surface area contributed by atoms with Crippen LogP contribution >= 0.6 is 0 Å². The van der Waals surface area contributed by atoms with Gasteiger partial charge in [-0.3, -0.25) is 0 Å². The second-order valence-corrected chi connectivity index (χ2v) is 3.43. The number of carbonyl (C=O) groups is 1. The van der Waals surface area contributed by atoms with E-state index in [0.29, 0.717) is 12.5 Å². The minimum Gasteiger partial charge on any atom is -0.433 e. The van der Waals surface area contributed by atoms with E-state index in [0.717, 1.165) is 25.9 Å². The van der Waals surface area contributed by atoms with Gasteiger partial charge >= 0.3 is 6.16 Å². The van der Waals surface area contributed by atoms with Crippen molar-refractivity contribution in [3.8, 4) is 0 Å². The first kappa shape index (κ1) is 10.3. The van der Waals surface area contributed by atoms with E-state index in [1.807, 2.05) is 0 Å². The molecule has 76 valence electrons. The number of likely N-dealkylation sites (tertiary alicyclic amines) is 1. The van der Waals surface area contributed by atoms with E-state index in [1.54, 1.807) is 0 Å². The second kappa shape index (κ2) is 5.04. The average Bonchev–Trinajstić information content (AvgIpc) is 2.16. The molecule has 13 heavy (non-hydrogen) atoms. The molecule has 0 bridgehead atoms. The van der Waals surface area contributed by atoms with E-state index in [-0.39, 0.29) is 0 Å². The lowest BCUT2D eigenvalue weighted by Crippen LogP contribution is -2.32. The highest BCUT2D eigenvalue weighted by molar-refractivity contribution is 5.59. The van der Waals surface area contributed by atoms with Crippen LogP contribution in [0.1, 0.15) is 12.8 Å². The summed E-state index contributed by atoms with van der Waals surface area (Å²) in [6.07, 6.45) is 1.34. The van der Waals surface area contributed by atoms with Gasteiger partial charge in [-0.2, -0.15) is 5.90 Å². The fraction of sp³-hybridized carbons (Fsp3) is 0.875. The Morgan fingerprint density at radius 1 is 1.54 bits per heavy atom. The van der Waals surface area contributed by atoms with Gasteiger partial charge in [-0.15, -0.1) is 0 Å².